The number of hydrogen-bond donors (Lipinski definition) is 2. The molecule has 0 unspecified atom stereocenters. The summed E-state index contributed by atoms with van der Waals surface area (Å²) in [5.74, 6) is -0.332. The molecular formula is C18H19Cl2NO6S. The van der Waals surface area contributed by atoms with E-state index >= 15 is 0 Å². The van der Waals surface area contributed by atoms with Crippen molar-refractivity contribution in [1.82, 2.24) is 4.72 Å². The number of sulfonamides is 1. The van der Waals surface area contributed by atoms with Gasteiger partial charge in [0.1, 0.15) is 25.0 Å². The molecule has 0 aliphatic rings. The first-order chi connectivity index (χ1) is 13.2. The number of halogens is 2. The fraction of sp³-hybridized carbons (Fsp3) is 0.278. The van der Waals surface area contributed by atoms with E-state index in [9.17, 15) is 18.3 Å². The van der Waals surface area contributed by atoms with Crippen molar-refractivity contribution in [2.24, 2.45) is 0 Å². The van der Waals surface area contributed by atoms with Gasteiger partial charge in [0.15, 0.2) is 0 Å². The Morgan fingerprint density at radius 1 is 1.11 bits per heavy atom. The van der Waals surface area contributed by atoms with Crippen LogP contribution in [0.5, 0.6) is 5.75 Å². The van der Waals surface area contributed by atoms with Crippen molar-refractivity contribution in [3.8, 4) is 5.75 Å². The number of ether oxygens (including phenoxy) is 2. The Hall–Kier alpha value is -1.84. The van der Waals surface area contributed by atoms with E-state index < -0.39 is 28.1 Å². The zero-order chi connectivity index (χ0) is 20.7. The van der Waals surface area contributed by atoms with Gasteiger partial charge in [0.25, 0.3) is 0 Å². The van der Waals surface area contributed by atoms with Crippen LogP contribution in [0.3, 0.4) is 0 Å². The molecule has 0 radical (unpaired) electrons. The Bertz CT molecular complexity index is 906. The molecule has 7 nitrogen and oxygen atoms in total. The molecule has 0 spiro atoms. The topological polar surface area (TPSA) is 102 Å². The molecular weight excluding hydrogens is 429 g/mol. The average Bonchev–Trinajstić information content (AvgIpc) is 2.66. The van der Waals surface area contributed by atoms with Crippen LogP contribution >= 0.6 is 23.2 Å². The van der Waals surface area contributed by atoms with E-state index in [1.807, 2.05) is 6.07 Å². The Morgan fingerprint density at radius 3 is 2.39 bits per heavy atom. The first kappa shape index (κ1) is 22.4. The molecule has 0 aliphatic heterocycles. The van der Waals surface area contributed by atoms with Crippen molar-refractivity contribution in [3.05, 3.63) is 58.6 Å². The van der Waals surface area contributed by atoms with E-state index in [0.717, 1.165) is 6.07 Å². The number of rotatable bonds is 9. The molecule has 0 saturated carbocycles. The van der Waals surface area contributed by atoms with Gasteiger partial charge in [-0.1, -0.05) is 41.4 Å². The maximum Gasteiger partial charge on any atom is 0.326 e. The van der Waals surface area contributed by atoms with Crippen molar-refractivity contribution < 1.29 is 27.8 Å². The number of carbonyl (C=O) groups excluding carboxylic acids is 1. The highest BCUT2D eigenvalue weighted by Gasteiger charge is 2.31. The number of hydrogen-bond acceptors (Lipinski definition) is 6. The summed E-state index contributed by atoms with van der Waals surface area (Å²) in [6.07, 6.45) is -1.33. The Kier molecular flexibility index (Phi) is 8.09. The number of esters is 1. The Labute approximate surface area is 173 Å². The number of benzene rings is 2. The minimum atomic E-state index is -4.15. The fourth-order valence-electron chi connectivity index (χ4n) is 2.13. The summed E-state index contributed by atoms with van der Waals surface area (Å²) in [5.41, 5.74) is 0. The van der Waals surface area contributed by atoms with Crippen LogP contribution in [-0.4, -0.2) is 44.9 Å². The van der Waals surface area contributed by atoms with Gasteiger partial charge in [0.05, 0.1) is 21.0 Å². The number of para-hydroxylation sites is 1. The lowest BCUT2D eigenvalue weighted by molar-refractivity contribution is -0.149. The average molecular weight is 448 g/mol. The summed E-state index contributed by atoms with van der Waals surface area (Å²) in [5, 5.41) is 10.0. The van der Waals surface area contributed by atoms with Gasteiger partial charge in [0, 0.05) is 0 Å². The molecule has 2 atom stereocenters. The predicted molar refractivity (Wildman–Crippen MR) is 105 cm³/mol. The van der Waals surface area contributed by atoms with Crippen molar-refractivity contribution in [3.63, 3.8) is 0 Å². The Morgan fingerprint density at radius 2 is 1.79 bits per heavy atom. The molecule has 0 bridgehead atoms. The van der Waals surface area contributed by atoms with Gasteiger partial charge in [-0.05, 0) is 37.3 Å². The number of carbonyl (C=O) groups is 1. The first-order valence-electron chi connectivity index (χ1n) is 8.20. The van der Waals surface area contributed by atoms with Gasteiger partial charge < -0.3 is 14.6 Å². The zero-order valence-corrected chi connectivity index (χ0v) is 17.2. The van der Waals surface area contributed by atoms with Crippen LogP contribution in [0.15, 0.2) is 53.4 Å². The lowest BCUT2D eigenvalue weighted by atomic mass is 10.2. The molecule has 2 rings (SSSR count). The van der Waals surface area contributed by atoms with Crippen LogP contribution in [0.4, 0.5) is 0 Å². The summed E-state index contributed by atoms with van der Waals surface area (Å²) >= 11 is 11.6. The third-order valence-corrected chi connectivity index (χ3v) is 5.74. The number of nitrogens with one attached hydrogen (secondary N) is 1. The minimum absolute atomic E-state index is 0.0405. The van der Waals surface area contributed by atoms with E-state index in [-0.39, 0.29) is 28.2 Å². The third-order valence-electron chi connectivity index (χ3n) is 3.56. The highest BCUT2D eigenvalue weighted by Crippen LogP contribution is 2.25. The van der Waals surface area contributed by atoms with Gasteiger partial charge in [-0.15, -0.1) is 0 Å². The highest BCUT2D eigenvalue weighted by atomic mass is 35.5. The van der Waals surface area contributed by atoms with Crippen molar-refractivity contribution in [2.45, 2.75) is 24.0 Å². The smallest absolute Gasteiger partial charge is 0.326 e. The van der Waals surface area contributed by atoms with Gasteiger partial charge in [-0.25, -0.2) is 8.42 Å². The SMILES string of the molecule is C[C@@H](O)[C@@H](NS(=O)(=O)c1ccc(Cl)c(Cl)c1)C(=O)OCCOc1ccccc1. The van der Waals surface area contributed by atoms with E-state index in [2.05, 4.69) is 4.72 Å². The molecule has 10 heteroatoms. The van der Waals surface area contributed by atoms with Gasteiger partial charge >= 0.3 is 5.97 Å². The molecule has 28 heavy (non-hydrogen) atoms. The van der Waals surface area contributed by atoms with E-state index in [0.29, 0.717) is 5.75 Å². The minimum Gasteiger partial charge on any atom is -0.490 e. The standard InChI is InChI=1S/C18H19Cl2NO6S/c1-12(22)17(18(23)27-10-9-26-13-5-3-2-4-6-13)21-28(24,25)14-7-8-15(19)16(20)11-14/h2-8,11-12,17,21-22H,9-10H2,1H3/t12-,17-/m1/s1. The number of aliphatic hydroxyl groups is 1. The van der Waals surface area contributed by atoms with Crippen LogP contribution in [0.2, 0.25) is 10.0 Å². The normalized spacial score (nSPS) is 13.6. The monoisotopic (exact) mass is 447 g/mol. The molecule has 2 aromatic carbocycles. The van der Waals surface area contributed by atoms with Crippen LogP contribution < -0.4 is 9.46 Å². The fourth-order valence-corrected chi connectivity index (χ4v) is 3.78. The molecule has 0 heterocycles. The zero-order valence-electron chi connectivity index (χ0n) is 14.8. The van der Waals surface area contributed by atoms with Gasteiger partial charge in [-0.2, -0.15) is 4.72 Å². The molecule has 0 aliphatic carbocycles. The largest absolute Gasteiger partial charge is 0.490 e. The summed E-state index contributed by atoms with van der Waals surface area (Å²) in [4.78, 5) is 12.0. The summed E-state index contributed by atoms with van der Waals surface area (Å²) in [7, 11) is -4.15. The van der Waals surface area contributed by atoms with Crippen LogP contribution in [0.1, 0.15) is 6.92 Å². The maximum atomic E-state index is 12.5. The molecule has 0 fully saturated rings. The summed E-state index contributed by atoms with van der Waals surface area (Å²) in [6, 6.07) is 11.1. The lowest BCUT2D eigenvalue weighted by Crippen LogP contribution is -2.48. The third kappa shape index (κ3) is 6.35. The number of aliphatic hydroxyl groups excluding tert-OH is 1. The second kappa shape index (κ2) is 10.1. The second-order valence-electron chi connectivity index (χ2n) is 5.74. The molecule has 0 amide bonds. The highest BCUT2D eigenvalue weighted by molar-refractivity contribution is 7.89. The van der Waals surface area contributed by atoms with Crippen LogP contribution in [0, 0.1) is 0 Å². The van der Waals surface area contributed by atoms with Crippen LogP contribution in [-0.2, 0) is 19.6 Å². The maximum absolute atomic E-state index is 12.5. The van der Waals surface area contributed by atoms with Crippen molar-refractivity contribution in [1.29, 1.82) is 0 Å². The summed E-state index contributed by atoms with van der Waals surface area (Å²) < 4.78 is 37.5. The quantitative estimate of drug-likeness (QED) is 0.452. The van der Waals surface area contributed by atoms with E-state index in [1.54, 1.807) is 24.3 Å². The van der Waals surface area contributed by atoms with Gasteiger partial charge in [0.2, 0.25) is 10.0 Å². The van der Waals surface area contributed by atoms with Crippen LogP contribution in [0.25, 0.3) is 0 Å². The summed E-state index contributed by atoms with van der Waals surface area (Å²) in [6.45, 7) is 1.22. The Balaban J connectivity index is 1.97. The molecule has 2 aromatic rings. The van der Waals surface area contributed by atoms with E-state index in [4.69, 9.17) is 32.7 Å². The predicted octanol–water partition coefficient (Wildman–Crippen LogP) is 2.64. The first-order valence-corrected chi connectivity index (χ1v) is 10.4. The van der Waals surface area contributed by atoms with Crippen molar-refractivity contribution >= 4 is 39.2 Å². The molecule has 152 valence electrons. The van der Waals surface area contributed by atoms with E-state index in [1.165, 1.54) is 19.1 Å². The van der Waals surface area contributed by atoms with Crippen molar-refractivity contribution in [2.75, 3.05) is 13.2 Å². The lowest BCUT2D eigenvalue weighted by Gasteiger charge is -2.20. The molecule has 0 aromatic heterocycles. The van der Waals surface area contributed by atoms with Gasteiger partial charge in [-0.3, -0.25) is 4.79 Å². The molecule has 2 N–H and O–H groups in total. The second-order valence-corrected chi connectivity index (χ2v) is 8.27. The molecule has 0 saturated heterocycles.